The number of carbonyl (C=O) groups excluding carboxylic acids is 1. The van der Waals surface area contributed by atoms with Crippen molar-refractivity contribution in [2.45, 2.75) is 64.3 Å². The summed E-state index contributed by atoms with van der Waals surface area (Å²) in [5.74, 6) is 2.02. The molecule has 150 valence electrons. The number of anilines is 1. The van der Waals surface area contributed by atoms with E-state index in [-0.39, 0.29) is 5.91 Å². The fraction of sp³-hybridized carbons (Fsp3) is 0.435. The molecule has 1 aromatic carbocycles. The number of benzene rings is 1. The van der Waals surface area contributed by atoms with E-state index in [4.69, 9.17) is 0 Å². The quantitative estimate of drug-likeness (QED) is 0.604. The molecule has 0 radical (unpaired) electrons. The lowest BCUT2D eigenvalue weighted by atomic mass is 10.1. The van der Waals surface area contributed by atoms with Crippen LogP contribution in [0.15, 0.2) is 30.3 Å². The predicted molar refractivity (Wildman–Crippen MR) is 117 cm³/mol. The number of thiophene rings is 1. The molecule has 2 aliphatic rings. The molecule has 1 aliphatic heterocycles. The first-order chi connectivity index (χ1) is 14.3. The second-order valence-corrected chi connectivity index (χ2v) is 9.19. The molecule has 0 unspecified atom stereocenters. The summed E-state index contributed by atoms with van der Waals surface area (Å²) in [6.45, 7) is 0.985. The number of amides is 1. The van der Waals surface area contributed by atoms with Gasteiger partial charge < -0.3 is 9.88 Å². The van der Waals surface area contributed by atoms with Crippen molar-refractivity contribution in [3.8, 4) is 11.4 Å². The van der Waals surface area contributed by atoms with Gasteiger partial charge >= 0.3 is 0 Å². The van der Waals surface area contributed by atoms with Crippen LogP contribution >= 0.6 is 11.3 Å². The summed E-state index contributed by atoms with van der Waals surface area (Å²) in [4.78, 5) is 15.0. The van der Waals surface area contributed by atoms with Crippen LogP contribution in [-0.4, -0.2) is 20.7 Å². The minimum Gasteiger partial charge on any atom is -0.321 e. The van der Waals surface area contributed by atoms with E-state index >= 15 is 0 Å². The fourth-order valence-electron chi connectivity index (χ4n) is 4.37. The molecule has 2 aromatic heterocycles. The van der Waals surface area contributed by atoms with E-state index in [0.717, 1.165) is 53.6 Å². The summed E-state index contributed by atoms with van der Waals surface area (Å²) in [5, 5.41) is 11.9. The Kier molecular flexibility index (Phi) is 5.19. The van der Waals surface area contributed by atoms with Crippen LogP contribution in [-0.2, 0) is 25.8 Å². The molecular formula is C23H26N4OS. The molecule has 1 N–H and O–H groups in total. The van der Waals surface area contributed by atoms with Crippen LogP contribution in [0, 0.1) is 0 Å². The Hall–Kier alpha value is -2.47. The van der Waals surface area contributed by atoms with Gasteiger partial charge in [0.05, 0.1) is 4.88 Å². The third-order valence-electron chi connectivity index (χ3n) is 5.98. The van der Waals surface area contributed by atoms with Crippen molar-refractivity contribution in [3.63, 3.8) is 0 Å². The Labute approximate surface area is 175 Å². The third kappa shape index (κ3) is 3.86. The first kappa shape index (κ1) is 18.6. The molecule has 5 nitrogen and oxygen atoms in total. The molecule has 0 fully saturated rings. The molecule has 0 saturated heterocycles. The molecule has 1 amide bonds. The lowest BCUT2D eigenvalue weighted by molar-refractivity contribution is 0.103. The largest absolute Gasteiger partial charge is 0.321 e. The Morgan fingerprint density at radius 2 is 1.72 bits per heavy atom. The molecule has 29 heavy (non-hydrogen) atoms. The van der Waals surface area contributed by atoms with Gasteiger partial charge in [-0.15, -0.1) is 21.5 Å². The number of nitrogens with one attached hydrogen (secondary N) is 1. The van der Waals surface area contributed by atoms with E-state index in [1.165, 1.54) is 49.0 Å². The zero-order valence-electron chi connectivity index (χ0n) is 16.6. The molecular weight excluding hydrogens is 380 g/mol. The third-order valence-corrected chi connectivity index (χ3v) is 7.22. The van der Waals surface area contributed by atoms with Gasteiger partial charge in [-0.05, 0) is 74.4 Å². The molecule has 0 spiro atoms. The van der Waals surface area contributed by atoms with Gasteiger partial charge in [0.1, 0.15) is 5.82 Å². The van der Waals surface area contributed by atoms with Gasteiger partial charge in [0.15, 0.2) is 5.82 Å². The predicted octanol–water partition coefficient (Wildman–Crippen LogP) is 5.25. The highest BCUT2D eigenvalue weighted by Gasteiger charge is 2.18. The number of fused-ring (bicyclic) bond motifs is 2. The molecule has 0 atom stereocenters. The van der Waals surface area contributed by atoms with Crippen molar-refractivity contribution in [2.75, 3.05) is 5.32 Å². The van der Waals surface area contributed by atoms with Gasteiger partial charge in [0, 0.05) is 29.1 Å². The topological polar surface area (TPSA) is 59.8 Å². The number of aryl methyl sites for hydroxylation is 3. The summed E-state index contributed by atoms with van der Waals surface area (Å²) in [6.07, 6.45) is 10.6. The summed E-state index contributed by atoms with van der Waals surface area (Å²) < 4.78 is 2.25. The average molecular weight is 407 g/mol. The number of hydrogen-bond donors (Lipinski definition) is 1. The highest BCUT2D eigenvalue weighted by Crippen LogP contribution is 2.30. The molecule has 0 saturated carbocycles. The van der Waals surface area contributed by atoms with E-state index < -0.39 is 0 Å². The molecule has 5 rings (SSSR count). The maximum Gasteiger partial charge on any atom is 0.265 e. The van der Waals surface area contributed by atoms with E-state index in [2.05, 4.69) is 26.1 Å². The normalized spacial score (nSPS) is 16.4. The SMILES string of the molecule is O=C(Nc1ccc(-c2nnc3n2CCCCC3)cc1)c1cc2c(s1)CCCCC2. The van der Waals surface area contributed by atoms with Crippen LogP contribution in [0.4, 0.5) is 5.69 Å². The van der Waals surface area contributed by atoms with Crippen molar-refractivity contribution < 1.29 is 4.79 Å². The van der Waals surface area contributed by atoms with Gasteiger partial charge in [-0.3, -0.25) is 4.79 Å². The molecule has 0 bridgehead atoms. The van der Waals surface area contributed by atoms with E-state index in [1.807, 2.05) is 24.3 Å². The number of nitrogens with zero attached hydrogens (tertiary/aromatic N) is 3. The zero-order valence-corrected chi connectivity index (χ0v) is 17.4. The van der Waals surface area contributed by atoms with Crippen LogP contribution in [0.3, 0.4) is 0 Å². The standard InChI is InChI=1S/C23H26N4OS/c28-23(20-15-17-7-3-1-4-8-19(17)29-20)24-18-12-10-16(11-13-18)22-26-25-21-9-5-2-6-14-27(21)22/h10-13,15H,1-9,14H2,(H,24,28). The molecule has 3 aromatic rings. The first-order valence-corrected chi connectivity index (χ1v) is 11.5. The summed E-state index contributed by atoms with van der Waals surface area (Å²) >= 11 is 1.66. The van der Waals surface area contributed by atoms with Crippen molar-refractivity contribution in [3.05, 3.63) is 51.5 Å². The minimum absolute atomic E-state index is 0.00725. The average Bonchev–Trinajstić information content (AvgIpc) is 3.16. The van der Waals surface area contributed by atoms with Gasteiger partial charge in [-0.25, -0.2) is 0 Å². The smallest absolute Gasteiger partial charge is 0.265 e. The van der Waals surface area contributed by atoms with Crippen LogP contribution in [0.1, 0.15) is 64.5 Å². The van der Waals surface area contributed by atoms with Crippen LogP contribution < -0.4 is 5.32 Å². The lowest BCUT2D eigenvalue weighted by Crippen LogP contribution is -2.10. The summed E-state index contributed by atoms with van der Waals surface area (Å²) in [5.41, 5.74) is 3.24. The second kappa shape index (κ2) is 8.11. The number of hydrogen-bond acceptors (Lipinski definition) is 4. The maximum absolute atomic E-state index is 12.7. The van der Waals surface area contributed by atoms with E-state index in [1.54, 1.807) is 11.3 Å². The molecule has 1 aliphatic carbocycles. The number of aromatic nitrogens is 3. The molecule has 3 heterocycles. The lowest BCUT2D eigenvalue weighted by Gasteiger charge is -2.08. The van der Waals surface area contributed by atoms with Crippen molar-refractivity contribution in [1.29, 1.82) is 0 Å². The Morgan fingerprint density at radius 1 is 0.931 bits per heavy atom. The van der Waals surface area contributed by atoms with E-state index in [0.29, 0.717) is 0 Å². The van der Waals surface area contributed by atoms with Crippen LogP contribution in [0.5, 0.6) is 0 Å². The highest BCUT2D eigenvalue weighted by molar-refractivity contribution is 7.14. The van der Waals surface area contributed by atoms with Gasteiger partial charge in [0.2, 0.25) is 0 Å². The monoisotopic (exact) mass is 406 g/mol. The Morgan fingerprint density at radius 3 is 2.62 bits per heavy atom. The summed E-state index contributed by atoms with van der Waals surface area (Å²) in [6, 6.07) is 10.1. The first-order valence-electron chi connectivity index (χ1n) is 10.7. The number of carbonyl (C=O) groups is 1. The zero-order chi connectivity index (χ0) is 19.6. The van der Waals surface area contributed by atoms with Crippen LogP contribution in [0.2, 0.25) is 0 Å². The van der Waals surface area contributed by atoms with Crippen molar-refractivity contribution in [2.24, 2.45) is 0 Å². The Balaban J connectivity index is 1.31. The highest BCUT2D eigenvalue weighted by atomic mass is 32.1. The van der Waals surface area contributed by atoms with Gasteiger partial charge in [-0.1, -0.05) is 12.8 Å². The number of rotatable bonds is 3. The van der Waals surface area contributed by atoms with Gasteiger partial charge in [-0.2, -0.15) is 0 Å². The van der Waals surface area contributed by atoms with E-state index in [9.17, 15) is 4.79 Å². The van der Waals surface area contributed by atoms with Gasteiger partial charge in [0.25, 0.3) is 5.91 Å². The second-order valence-electron chi connectivity index (χ2n) is 8.05. The van der Waals surface area contributed by atoms with Crippen molar-refractivity contribution in [1.82, 2.24) is 14.8 Å². The van der Waals surface area contributed by atoms with Crippen molar-refractivity contribution >= 4 is 22.9 Å². The minimum atomic E-state index is -0.00725. The fourth-order valence-corrected chi connectivity index (χ4v) is 5.52. The Bertz CT molecular complexity index is 995. The van der Waals surface area contributed by atoms with Crippen LogP contribution in [0.25, 0.3) is 11.4 Å². The summed E-state index contributed by atoms with van der Waals surface area (Å²) in [7, 11) is 0. The maximum atomic E-state index is 12.7. The molecule has 6 heteroatoms.